The SMILES string of the molecule is CO[P@@]1N(C(C)(C)C)CC[C@@H](C)N1C(C)(C)C. The molecule has 17 heavy (non-hydrogen) atoms. The Balaban J connectivity index is 3.01. The van der Waals surface area contributed by atoms with Gasteiger partial charge in [-0.15, -0.1) is 0 Å². The van der Waals surface area contributed by atoms with E-state index in [9.17, 15) is 0 Å². The van der Waals surface area contributed by atoms with Gasteiger partial charge in [0.1, 0.15) is 0 Å². The molecule has 1 fully saturated rings. The van der Waals surface area contributed by atoms with Crippen molar-refractivity contribution in [3.05, 3.63) is 0 Å². The van der Waals surface area contributed by atoms with Crippen LogP contribution in [0.4, 0.5) is 0 Å². The number of hydrogen-bond donors (Lipinski definition) is 0. The fourth-order valence-electron chi connectivity index (χ4n) is 2.50. The second-order valence-electron chi connectivity index (χ2n) is 6.88. The van der Waals surface area contributed by atoms with Crippen LogP contribution in [0.2, 0.25) is 0 Å². The van der Waals surface area contributed by atoms with E-state index in [1.165, 1.54) is 6.42 Å². The van der Waals surface area contributed by atoms with Gasteiger partial charge in [-0.2, -0.15) is 0 Å². The molecular weight excluding hydrogens is 231 g/mol. The highest BCUT2D eigenvalue weighted by Gasteiger charge is 2.44. The van der Waals surface area contributed by atoms with Gasteiger partial charge in [-0.05, 0) is 54.9 Å². The van der Waals surface area contributed by atoms with Gasteiger partial charge in [0.2, 0.25) is 0 Å². The zero-order chi connectivity index (χ0) is 13.4. The van der Waals surface area contributed by atoms with Crippen LogP contribution in [0.15, 0.2) is 0 Å². The number of rotatable bonds is 1. The molecule has 4 heteroatoms. The fraction of sp³-hybridized carbons (Fsp3) is 1.00. The van der Waals surface area contributed by atoms with Crippen molar-refractivity contribution in [3.8, 4) is 0 Å². The first-order valence-electron chi connectivity index (χ1n) is 6.50. The summed E-state index contributed by atoms with van der Waals surface area (Å²) in [6.07, 6.45) is 1.22. The summed E-state index contributed by atoms with van der Waals surface area (Å²) in [5.41, 5.74) is 0.330. The van der Waals surface area contributed by atoms with Crippen LogP contribution >= 0.6 is 8.45 Å². The van der Waals surface area contributed by atoms with E-state index in [0.717, 1.165) is 6.54 Å². The van der Waals surface area contributed by atoms with E-state index in [-0.39, 0.29) is 11.1 Å². The lowest BCUT2D eigenvalue weighted by Gasteiger charge is -2.54. The van der Waals surface area contributed by atoms with Gasteiger partial charge in [-0.1, -0.05) is 0 Å². The monoisotopic (exact) mass is 260 g/mol. The van der Waals surface area contributed by atoms with Crippen LogP contribution in [0.1, 0.15) is 54.9 Å². The minimum atomic E-state index is -0.645. The van der Waals surface area contributed by atoms with Crippen molar-refractivity contribution in [2.24, 2.45) is 0 Å². The predicted molar refractivity (Wildman–Crippen MR) is 76.1 cm³/mol. The molecule has 0 saturated carbocycles. The Morgan fingerprint density at radius 3 is 1.94 bits per heavy atom. The Kier molecular flexibility index (Phi) is 4.63. The molecule has 0 unspecified atom stereocenters. The smallest absolute Gasteiger partial charge is 0.188 e. The van der Waals surface area contributed by atoms with E-state index in [0.29, 0.717) is 6.04 Å². The Morgan fingerprint density at radius 1 is 1.06 bits per heavy atom. The summed E-state index contributed by atoms with van der Waals surface area (Å²) in [7, 11) is 1.20. The molecule has 1 saturated heterocycles. The van der Waals surface area contributed by atoms with Gasteiger partial charge >= 0.3 is 0 Å². The quantitative estimate of drug-likeness (QED) is 0.666. The van der Waals surface area contributed by atoms with Crippen LogP contribution in [-0.4, -0.2) is 40.1 Å². The minimum Gasteiger partial charge on any atom is -0.335 e. The topological polar surface area (TPSA) is 15.7 Å². The van der Waals surface area contributed by atoms with E-state index in [1.807, 2.05) is 7.11 Å². The molecule has 0 bridgehead atoms. The molecular formula is C13H29N2OP. The zero-order valence-corrected chi connectivity index (χ0v) is 13.6. The summed E-state index contributed by atoms with van der Waals surface area (Å²) < 4.78 is 10.9. The van der Waals surface area contributed by atoms with Gasteiger partial charge in [0, 0.05) is 30.8 Å². The molecule has 0 aliphatic carbocycles. The third kappa shape index (κ3) is 3.41. The molecule has 0 spiro atoms. The van der Waals surface area contributed by atoms with E-state index >= 15 is 0 Å². The highest BCUT2D eigenvalue weighted by atomic mass is 31.2. The van der Waals surface area contributed by atoms with Crippen molar-refractivity contribution in [3.63, 3.8) is 0 Å². The fourth-order valence-corrected chi connectivity index (χ4v) is 4.87. The Bertz CT molecular complexity index is 257. The predicted octanol–water partition coefficient (Wildman–Crippen LogP) is 3.85. The molecule has 0 radical (unpaired) electrons. The third-order valence-electron chi connectivity index (χ3n) is 3.19. The maximum Gasteiger partial charge on any atom is 0.188 e. The Hall–Kier alpha value is 0.310. The van der Waals surface area contributed by atoms with Gasteiger partial charge in [0.15, 0.2) is 8.45 Å². The molecule has 0 aromatic heterocycles. The van der Waals surface area contributed by atoms with Crippen LogP contribution < -0.4 is 0 Å². The first kappa shape index (κ1) is 15.4. The van der Waals surface area contributed by atoms with Crippen molar-refractivity contribution in [2.75, 3.05) is 13.7 Å². The van der Waals surface area contributed by atoms with E-state index in [4.69, 9.17) is 4.52 Å². The second kappa shape index (κ2) is 5.13. The third-order valence-corrected chi connectivity index (χ3v) is 6.09. The lowest BCUT2D eigenvalue weighted by atomic mass is 10.0. The highest BCUT2D eigenvalue weighted by molar-refractivity contribution is 7.47. The standard InChI is InChI=1S/C13H29N2OP/c1-11-9-10-14(12(2,3)4)17(16-8)15(11)13(5,6)7/h11H,9-10H2,1-8H3/t11-,17+/m1/s1. The van der Waals surface area contributed by atoms with Crippen LogP contribution in [0.25, 0.3) is 0 Å². The van der Waals surface area contributed by atoms with E-state index < -0.39 is 8.45 Å². The lowest BCUT2D eigenvalue weighted by molar-refractivity contribution is 0.0989. The van der Waals surface area contributed by atoms with Crippen molar-refractivity contribution < 1.29 is 4.52 Å². The van der Waals surface area contributed by atoms with Gasteiger partial charge in [-0.25, -0.2) is 9.34 Å². The molecule has 0 amide bonds. The summed E-state index contributed by atoms with van der Waals surface area (Å²) >= 11 is 0. The number of nitrogens with zero attached hydrogens (tertiary/aromatic N) is 2. The van der Waals surface area contributed by atoms with Crippen LogP contribution in [0, 0.1) is 0 Å². The van der Waals surface area contributed by atoms with Gasteiger partial charge in [0.25, 0.3) is 0 Å². The first-order valence-corrected chi connectivity index (χ1v) is 7.66. The Morgan fingerprint density at radius 2 is 1.59 bits per heavy atom. The van der Waals surface area contributed by atoms with Gasteiger partial charge in [-0.3, -0.25) is 0 Å². The summed E-state index contributed by atoms with van der Waals surface area (Å²) in [5, 5.41) is 0. The largest absolute Gasteiger partial charge is 0.335 e. The molecule has 1 aliphatic rings. The average molecular weight is 260 g/mol. The van der Waals surface area contributed by atoms with Crippen LogP contribution in [-0.2, 0) is 4.52 Å². The van der Waals surface area contributed by atoms with Gasteiger partial charge < -0.3 is 4.52 Å². The van der Waals surface area contributed by atoms with Gasteiger partial charge in [0.05, 0.1) is 0 Å². The summed E-state index contributed by atoms with van der Waals surface area (Å²) in [6, 6.07) is 0.597. The van der Waals surface area contributed by atoms with Crippen molar-refractivity contribution in [2.45, 2.75) is 72.0 Å². The average Bonchev–Trinajstić information content (AvgIpc) is 2.12. The Labute approximate surface area is 108 Å². The molecule has 102 valence electrons. The van der Waals surface area contributed by atoms with E-state index in [2.05, 4.69) is 57.8 Å². The molecule has 0 aromatic rings. The molecule has 1 rings (SSSR count). The zero-order valence-electron chi connectivity index (χ0n) is 12.7. The van der Waals surface area contributed by atoms with E-state index in [1.54, 1.807) is 0 Å². The summed E-state index contributed by atoms with van der Waals surface area (Å²) in [6.45, 7) is 17.1. The summed E-state index contributed by atoms with van der Waals surface area (Å²) in [5.74, 6) is 0. The molecule has 2 atom stereocenters. The second-order valence-corrected chi connectivity index (χ2v) is 8.67. The summed E-state index contributed by atoms with van der Waals surface area (Å²) in [4.78, 5) is 0. The minimum absolute atomic E-state index is 0.158. The number of hydrogen-bond acceptors (Lipinski definition) is 3. The highest BCUT2D eigenvalue weighted by Crippen LogP contribution is 2.56. The maximum atomic E-state index is 5.86. The molecule has 3 nitrogen and oxygen atoms in total. The van der Waals surface area contributed by atoms with Crippen LogP contribution in [0.3, 0.4) is 0 Å². The normalized spacial score (nSPS) is 29.6. The molecule has 1 heterocycles. The molecule has 0 N–H and O–H groups in total. The maximum absolute atomic E-state index is 5.86. The van der Waals surface area contributed by atoms with Crippen LogP contribution in [0.5, 0.6) is 0 Å². The van der Waals surface area contributed by atoms with Crippen molar-refractivity contribution >= 4 is 8.45 Å². The first-order chi connectivity index (χ1) is 7.59. The van der Waals surface area contributed by atoms with Crippen molar-refractivity contribution in [1.82, 2.24) is 9.34 Å². The molecule has 1 aliphatic heterocycles. The molecule has 0 aromatic carbocycles. The van der Waals surface area contributed by atoms with Crippen molar-refractivity contribution in [1.29, 1.82) is 0 Å². The lowest BCUT2D eigenvalue weighted by Crippen LogP contribution is -2.54.